The quantitative estimate of drug-likeness (QED) is 0.539. The van der Waals surface area contributed by atoms with Gasteiger partial charge in [-0.2, -0.15) is 0 Å². The van der Waals surface area contributed by atoms with E-state index in [1.807, 2.05) is 0 Å². The number of hydrogen-bond acceptors (Lipinski definition) is 0. The van der Waals surface area contributed by atoms with Crippen molar-refractivity contribution in [2.45, 2.75) is 25.7 Å². The molecule has 60 valence electrons. The zero-order valence-corrected chi connectivity index (χ0v) is 9.90. The first kappa shape index (κ1) is 9.30. The highest BCUT2D eigenvalue weighted by Crippen LogP contribution is 2.32. The molecule has 10 heavy (non-hydrogen) atoms. The van der Waals surface area contributed by atoms with Gasteiger partial charge in [0.05, 0.1) is 0 Å². The summed E-state index contributed by atoms with van der Waals surface area (Å²) in [4.78, 5) is 0. The van der Waals surface area contributed by atoms with E-state index < -0.39 is 0 Å². The first-order valence-corrected chi connectivity index (χ1v) is 6.65. The molecule has 0 spiro atoms. The fraction of sp³-hybridized carbons (Fsp3) is 1.00. The van der Waals surface area contributed by atoms with Gasteiger partial charge in [-0.15, -0.1) is 0 Å². The van der Waals surface area contributed by atoms with Gasteiger partial charge in [-0.3, -0.25) is 0 Å². The van der Waals surface area contributed by atoms with E-state index in [0.29, 0.717) is 0 Å². The standard InChI is InChI=1S/C8H14BrI/c9-5-7-3-1-2-4-8(7)6-10/h7-8H,1-6H2/t7-,8+/m0/s1. The average molecular weight is 317 g/mol. The van der Waals surface area contributed by atoms with E-state index in [9.17, 15) is 0 Å². The lowest BCUT2D eigenvalue weighted by Gasteiger charge is -2.28. The van der Waals surface area contributed by atoms with Gasteiger partial charge in [0.2, 0.25) is 0 Å². The van der Waals surface area contributed by atoms with Gasteiger partial charge in [0.15, 0.2) is 0 Å². The molecule has 0 N–H and O–H groups in total. The summed E-state index contributed by atoms with van der Waals surface area (Å²) in [5, 5.41) is 1.22. The van der Waals surface area contributed by atoms with Crippen molar-refractivity contribution < 1.29 is 0 Å². The maximum absolute atomic E-state index is 3.59. The van der Waals surface area contributed by atoms with E-state index in [0.717, 1.165) is 11.8 Å². The second kappa shape index (κ2) is 4.96. The van der Waals surface area contributed by atoms with Crippen molar-refractivity contribution in [3.63, 3.8) is 0 Å². The smallest absolute Gasteiger partial charge is 0.00625 e. The molecule has 0 aliphatic heterocycles. The normalized spacial score (nSPS) is 34.2. The first-order valence-electron chi connectivity index (χ1n) is 4.00. The highest BCUT2D eigenvalue weighted by Gasteiger charge is 2.22. The minimum atomic E-state index is 0.977. The highest BCUT2D eigenvalue weighted by atomic mass is 127. The second-order valence-corrected chi connectivity index (χ2v) is 4.64. The third kappa shape index (κ3) is 2.36. The maximum atomic E-state index is 3.59. The predicted molar refractivity (Wildman–Crippen MR) is 58.1 cm³/mol. The minimum absolute atomic E-state index is 0.977. The van der Waals surface area contributed by atoms with Gasteiger partial charge in [0.1, 0.15) is 0 Å². The minimum Gasteiger partial charge on any atom is -0.0925 e. The van der Waals surface area contributed by atoms with Crippen LogP contribution in [-0.2, 0) is 0 Å². The first-order chi connectivity index (χ1) is 4.88. The largest absolute Gasteiger partial charge is 0.0925 e. The van der Waals surface area contributed by atoms with Gasteiger partial charge < -0.3 is 0 Å². The monoisotopic (exact) mass is 316 g/mol. The molecule has 2 heteroatoms. The Balaban J connectivity index is 2.34. The van der Waals surface area contributed by atoms with Gasteiger partial charge in [-0.25, -0.2) is 0 Å². The van der Waals surface area contributed by atoms with Gasteiger partial charge in [0, 0.05) is 9.76 Å². The van der Waals surface area contributed by atoms with Crippen LogP contribution in [0, 0.1) is 11.8 Å². The van der Waals surface area contributed by atoms with Gasteiger partial charge >= 0.3 is 0 Å². The molecule has 0 nitrogen and oxygen atoms in total. The fourth-order valence-electron chi connectivity index (χ4n) is 1.69. The third-order valence-corrected chi connectivity index (χ3v) is 4.43. The van der Waals surface area contributed by atoms with Crippen molar-refractivity contribution in [1.29, 1.82) is 0 Å². The summed E-state index contributed by atoms with van der Waals surface area (Å²) in [6.07, 6.45) is 5.86. The third-order valence-electron chi connectivity index (χ3n) is 2.46. The summed E-state index contributed by atoms with van der Waals surface area (Å²) < 4.78 is 1.36. The second-order valence-electron chi connectivity index (χ2n) is 3.11. The maximum Gasteiger partial charge on any atom is 0.00625 e. The molecular formula is C8H14BrI. The van der Waals surface area contributed by atoms with Crippen LogP contribution in [-0.4, -0.2) is 9.76 Å². The van der Waals surface area contributed by atoms with Crippen molar-refractivity contribution >= 4 is 38.5 Å². The topological polar surface area (TPSA) is 0 Å². The van der Waals surface area contributed by atoms with Crippen LogP contribution in [0.25, 0.3) is 0 Å². The Bertz CT molecular complexity index is 83.3. The summed E-state index contributed by atoms with van der Waals surface area (Å²) in [5.74, 6) is 1.99. The summed E-state index contributed by atoms with van der Waals surface area (Å²) >= 11 is 6.11. The molecule has 1 saturated carbocycles. The molecule has 1 fully saturated rings. The lowest BCUT2D eigenvalue weighted by molar-refractivity contribution is 0.292. The van der Waals surface area contributed by atoms with E-state index in [4.69, 9.17) is 0 Å². The summed E-state index contributed by atoms with van der Waals surface area (Å²) in [7, 11) is 0. The van der Waals surface area contributed by atoms with Crippen LogP contribution < -0.4 is 0 Å². The molecule has 0 aromatic rings. The molecule has 0 bridgehead atoms. The Morgan fingerprint density at radius 1 is 1.20 bits per heavy atom. The van der Waals surface area contributed by atoms with Crippen molar-refractivity contribution in [1.82, 2.24) is 0 Å². The van der Waals surface area contributed by atoms with Gasteiger partial charge in [-0.05, 0) is 24.7 Å². The molecule has 1 rings (SSSR count). The molecule has 0 aromatic carbocycles. The Hall–Kier alpha value is 1.21. The molecule has 0 amide bonds. The molecule has 0 heterocycles. The lowest BCUT2D eigenvalue weighted by Crippen LogP contribution is -2.21. The highest BCUT2D eigenvalue weighted by molar-refractivity contribution is 14.1. The van der Waals surface area contributed by atoms with Crippen LogP contribution in [0.4, 0.5) is 0 Å². The van der Waals surface area contributed by atoms with Crippen molar-refractivity contribution in [3.05, 3.63) is 0 Å². The Morgan fingerprint density at radius 3 is 2.20 bits per heavy atom. The molecule has 0 aromatic heterocycles. The molecule has 1 aliphatic carbocycles. The van der Waals surface area contributed by atoms with Crippen LogP contribution in [0.1, 0.15) is 25.7 Å². The van der Waals surface area contributed by atoms with E-state index >= 15 is 0 Å². The zero-order chi connectivity index (χ0) is 7.40. The van der Waals surface area contributed by atoms with Crippen LogP contribution in [0.5, 0.6) is 0 Å². The van der Waals surface area contributed by atoms with E-state index in [-0.39, 0.29) is 0 Å². The van der Waals surface area contributed by atoms with Gasteiger partial charge in [-0.1, -0.05) is 51.4 Å². The lowest BCUT2D eigenvalue weighted by atomic mass is 9.82. The fourth-order valence-corrected chi connectivity index (χ4v) is 3.70. The van der Waals surface area contributed by atoms with Crippen LogP contribution >= 0.6 is 38.5 Å². The van der Waals surface area contributed by atoms with Crippen LogP contribution in [0.15, 0.2) is 0 Å². The number of rotatable bonds is 2. The molecule has 1 aliphatic rings. The molecule has 0 saturated heterocycles. The Kier molecular flexibility index (Phi) is 4.62. The SMILES string of the molecule is BrC[C@@H]1CCCC[C@@H]1CI. The Morgan fingerprint density at radius 2 is 1.80 bits per heavy atom. The summed E-state index contributed by atoms with van der Waals surface area (Å²) in [6, 6.07) is 0. The predicted octanol–water partition coefficient (Wildman–Crippen LogP) is 3.62. The van der Waals surface area contributed by atoms with Crippen LogP contribution in [0.2, 0.25) is 0 Å². The summed E-state index contributed by atoms with van der Waals surface area (Å²) in [6.45, 7) is 0. The van der Waals surface area contributed by atoms with Gasteiger partial charge in [0.25, 0.3) is 0 Å². The molecule has 0 unspecified atom stereocenters. The number of hydrogen-bond donors (Lipinski definition) is 0. The van der Waals surface area contributed by atoms with E-state index in [1.54, 1.807) is 0 Å². The molecular weight excluding hydrogens is 303 g/mol. The van der Waals surface area contributed by atoms with E-state index in [1.165, 1.54) is 35.4 Å². The van der Waals surface area contributed by atoms with Crippen molar-refractivity contribution in [2.75, 3.05) is 9.76 Å². The van der Waals surface area contributed by atoms with Crippen molar-refractivity contribution in [2.24, 2.45) is 11.8 Å². The van der Waals surface area contributed by atoms with Crippen LogP contribution in [0.3, 0.4) is 0 Å². The molecule has 0 radical (unpaired) electrons. The van der Waals surface area contributed by atoms with E-state index in [2.05, 4.69) is 38.5 Å². The Labute approximate surface area is 85.4 Å². The summed E-state index contributed by atoms with van der Waals surface area (Å²) in [5.41, 5.74) is 0. The zero-order valence-electron chi connectivity index (χ0n) is 6.15. The van der Waals surface area contributed by atoms with Crippen molar-refractivity contribution in [3.8, 4) is 0 Å². The average Bonchev–Trinajstić information content (AvgIpc) is 2.04. The number of halogens is 2. The number of alkyl halides is 2. The molecule has 2 atom stereocenters.